The van der Waals surface area contributed by atoms with Crippen LogP contribution in [0, 0.1) is 0 Å². The maximum Gasteiger partial charge on any atom is 0.0541 e. The van der Waals surface area contributed by atoms with Crippen molar-refractivity contribution in [1.82, 2.24) is 4.57 Å². The highest BCUT2D eigenvalue weighted by molar-refractivity contribution is 6.12. The van der Waals surface area contributed by atoms with E-state index in [1.165, 1.54) is 121 Å². The fourth-order valence-corrected chi connectivity index (χ4v) is 15.9. The van der Waals surface area contributed by atoms with Crippen molar-refractivity contribution in [2.24, 2.45) is 0 Å². The first kappa shape index (κ1) is 56.0. The highest BCUT2D eigenvalue weighted by Crippen LogP contribution is 2.54. The van der Waals surface area contributed by atoms with Crippen molar-refractivity contribution in [1.29, 1.82) is 0 Å². The minimum Gasteiger partial charge on any atom is -0.309 e. The number of aromatic nitrogens is 1. The van der Waals surface area contributed by atoms with Gasteiger partial charge in [0, 0.05) is 60.2 Å². The molecule has 15 aromatic carbocycles. The summed E-state index contributed by atoms with van der Waals surface area (Å²) in [5.41, 5.74) is 25.2. The molecule has 0 aliphatic heterocycles. The second-order valence-corrected chi connectivity index (χ2v) is 26.9. The molecular formula is C92H67N3. The Morgan fingerprint density at radius 2 is 0.547 bits per heavy atom. The molecule has 3 nitrogen and oxygen atoms in total. The van der Waals surface area contributed by atoms with Crippen LogP contribution in [0.2, 0.25) is 0 Å². The molecule has 3 heteroatoms. The normalized spacial score (nSPS) is 13.6. The molecule has 0 atom stereocenters. The van der Waals surface area contributed by atoms with Crippen LogP contribution in [-0.2, 0) is 10.8 Å². The van der Waals surface area contributed by atoms with Crippen LogP contribution in [-0.4, -0.2) is 4.57 Å². The van der Waals surface area contributed by atoms with E-state index in [-0.39, 0.29) is 10.8 Å². The molecule has 0 spiro atoms. The average molecular weight is 1210 g/mol. The maximum absolute atomic E-state index is 2.47. The predicted molar refractivity (Wildman–Crippen MR) is 406 cm³/mol. The summed E-state index contributed by atoms with van der Waals surface area (Å²) < 4.78 is 2.41. The van der Waals surface area contributed by atoms with E-state index in [1.807, 2.05) is 0 Å². The summed E-state index contributed by atoms with van der Waals surface area (Å²) in [6.07, 6.45) is 9.16. The van der Waals surface area contributed by atoms with Crippen molar-refractivity contribution in [3.8, 4) is 27.9 Å². The lowest BCUT2D eigenvalue weighted by Crippen LogP contribution is -2.17. The molecule has 0 fully saturated rings. The zero-order valence-electron chi connectivity index (χ0n) is 53.6. The van der Waals surface area contributed by atoms with Gasteiger partial charge in [-0.1, -0.05) is 276 Å². The molecule has 0 radical (unpaired) electrons. The summed E-state index contributed by atoms with van der Waals surface area (Å²) in [4.78, 5) is 4.95. The van der Waals surface area contributed by atoms with Crippen molar-refractivity contribution in [3.05, 3.63) is 354 Å². The summed E-state index contributed by atoms with van der Waals surface area (Å²) in [6, 6.07) is 115. The number of anilines is 6. The van der Waals surface area contributed by atoms with Gasteiger partial charge in [0.05, 0.1) is 33.8 Å². The monoisotopic (exact) mass is 1210 g/mol. The van der Waals surface area contributed by atoms with Crippen molar-refractivity contribution in [2.75, 3.05) is 9.80 Å². The van der Waals surface area contributed by atoms with Crippen LogP contribution in [0.4, 0.5) is 34.1 Å². The standard InChI is InChI=1S/C92H67N3/c1-91(2)81-56-62(42-48-75(81)77-50-46-69(58-83(77)91)94(85-34-16-24-64-20-8-12-30-71(64)85)86-35-17-25-65-21-9-13-31-72(65)86)40-38-60-44-52-89-79(54-60)80-55-61(45-53-90(80)93(89)68-28-6-5-7-29-68)39-41-63-43-49-76-78-51-47-70(59-84(78)92(3,4)82(76)57-63)95(87-36-18-26-66-22-10-14-32-73(66)87)88-37-19-27-67-23-11-15-33-74(67)88/h5-59H,1-4H3/b40-38+,41-39+. The van der Waals surface area contributed by atoms with E-state index < -0.39 is 0 Å². The number of rotatable bonds is 11. The Bertz CT molecular complexity index is 5360. The molecule has 1 aromatic heterocycles. The van der Waals surface area contributed by atoms with E-state index in [0.717, 1.165) is 50.9 Å². The van der Waals surface area contributed by atoms with Crippen LogP contribution in [0.5, 0.6) is 0 Å². The first-order chi connectivity index (χ1) is 46.6. The van der Waals surface area contributed by atoms with Crippen LogP contribution >= 0.6 is 0 Å². The van der Waals surface area contributed by atoms with Crippen LogP contribution < -0.4 is 9.80 Å². The van der Waals surface area contributed by atoms with Crippen LogP contribution in [0.15, 0.2) is 309 Å². The van der Waals surface area contributed by atoms with Gasteiger partial charge in [0.1, 0.15) is 0 Å². The lowest BCUT2D eigenvalue weighted by molar-refractivity contribution is 0.660. The van der Waals surface area contributed by atoms with E-state index in [1.54, 1.807) is 0 Å². The number of benzene rings is 15. The molecule has 2 aliphatic rings. The molecule has 2 aliphatic carbocycles. The first-order valence-electron chi connectivity index (χ1n) is 33.2. The lowest BCUT2D eigenvalue weighted by Gasteiger charge is -2.30. The van der Waals surface area contributed by atoms with Crippen LogP contribution in [0.25, 0.3) is 117 Å². The molecular weight excluding hydrogens is 1150 g/mol. The van der Waals surface area contributed by atoms with E-state index >= 15 is 0 Å². The van der Waals surface area contributed by atoms with Gasteiger partial charge in [-0.2, -0.15) is 0 Å². The fraction of sp³-hybridized carbons (Fsp3) is 0.0652. The van der Waals surface area contributed by atoms with E-state index in [0.29, 0.717) is 0 Å². The molecule has 16 aromatic rings. The number of nitrogens with zero attached hydrogens (tertiary/aromatic N) is 3. The van der Waals surface area contributed by atoms with Gasteiger partial charge in [-0.05, 0) is 173 Å². The SMILES string of the molecule is CC1(C)c2cc(/C=C/c3ccc4c(c3)c3cc(/C=C/c5ccc6c(c5)C(C)(C)c5cc(N(c7cccc8ccccc78)c7cccc8ccccc78)ccc5-6)ccc3n4-c3ccccc3)ccc2-c2ccc(N(c3cccc4ccccc34)c3cccc4ccccc34)cc21. The molecule has 0 saturated carbocycles. The lowest BCUT2D eigenvalue weighted by atomic mass is 9.81. The topological polar surface area (TPSA) is 11.4 Å². The summed E-state index contributed by atoms with van der Waals surface area (Å²) >= 11 is 0. The number of hydrogen-bond acceptors (Lipinski definition) is 2. The zero-order chi connectivity index (χ0) is 63.5. The Hall–Kier alpha value is -11.8. The smallest absolute Gasteiger partial charge is 0.0541 e. The van der Waals surface area contributed by atoms with Crippen LogP contribution in [0.3, 0.4) is 0 Å². The average Bonchev–Trinajstić information content (AvgIpc) is 1.60. The van der Waals surface area contributed by atoms with Gasteiger partial charge in [0.15, 0.2) is 0 Å². The molecule has 0 saturated heterocycles. The van der Waals surface area contributed by atoms with Crippen molar-refractivity contribution >= 4 is 123 Å². The molecule has 0 bridgehead atoms. The Kier molecular flexibility index (Phi) is 12.9. The van der Waals surface area contributed by atoms with Gasteiger partial charge < -0.3 is 14.4 Å². The minimum absolute atomic E-state index is 0.242. The molecule has 95 heavy (non-hydrogen) atoms. The third-order valence-electron chi connectivity index (χ3n) is 20.7. The third-order valence-corrected chi connectivity index (χ3v) is 20.7. The van der Waals surface area contributed by atoms with Crippen molar-refractivity contribution in [3.63, 3.8) is 0 Å². The van der Waals surface area contributed by atoms with Crippen molar-refractivity contribution in [2.45, 2.75) is 38.5 Å². The first-order valence-corrected chi connectivity index (χ1v) is 33.2. The van der Waals surface area contributed by atoms with Crippen molar-refractivity contribution < 1.29 is 0 Å². The van der Waals surface area contributed by atoms with Gasteiger partial charge in [-0.15, -0.1) is 0 Å². The number of para-hydroxylation sites is 1. The quantitative estimate of drug-likeness (QED) is 0.120. The van der Waals surface area contributed by atoms with Gasteiger partial charge in [-0.25, -0.2) is 0 Å². The zero-order valence-corrected chi connectivity index (χ0v) is 53.6. The summed E-state index contributed by atoms with van der Waals surface area (Å²) in [6.45, 7) is 9.57. The second-order valence-electron chi connectivity index (χ2n) is 26.9. The second kappa shape index (κ2) is 21.9. The van der Waals surface area contributed by atoms with Gasteiger partial charge in [-0.3, -0.25) is 0 Å². The van der Waals surface area contributed by atoms with E-state index in [2.05, 4.69) is 376 Å². The van der Waals surface area contributed by atoms with Gasteiger partial charge in [0.25, 0.3) is 0 Å². The molecule has 0 amide bonds. The minimum atomic E-state index is -0.242. The van der Waals surface area contributed by atoms with Crippen LogP contribution in [0.1, 0.15) is 72.2 Å². The summed E-state index contributed by atoms with van der Waals surface area (Å²) in [7, 11) is 0. The van der Waals surface area contributed by atoms with Gasteiger partial charge >= 0.3 is 0 Å². The Morgan fingerprint density at radius 3 is 0.916 bits per heavy atom. The molecule has 0 N–H and O–H groups in total. The Morgan fingerprint density at radius 1 is 0.253 bits per heavy atom. The molecule has 18 rings (SSSR count). The van der Waals surface area contributed by atoms with E-state index in [9.17, 15) is 0 Å². The highest BCUT2D eigenvalue weighted by Gasteiger charge is 2.38. The Labute approximate surface area is 554 Å². The summed E-state index contributed by atoms with van der Waals surface area (Å²) in [5.74, 6) is 0. The van der Waals surface area contributed by atoms with Gasteiger partial charge in [0.2, 0.25) is 0 Å². The molecule has 1 heterocycles. The predicted octanol–water partition coefficient (Wildman–Crippen LogP) is 25.3. The maximum atomic E-state index is 2.47. The Balaban J connectivity index is 0.657. The van der Waals surface area contributed by atoms with E-state index in [4.69, 9.17) is 0 Å². The summed E-state index contributed by atoms with van der Waals surface area (Å²) in [5, 5.41) is 12.2. The largest absolute Gasteiger partial charge is 0.309 e. The fourth-order valence-electron chi connectivity index (χ4n) is 15.9. The number of hydrogen-bond donors (Lipinski definition) is 0. The third kappa shape index (κ3) is 9.17. The molecule has 450 valence electrons. The number of fused-ring (bicyclic) bond motifs is 13. The molecule has 0 unspecified atom stereocenters. The highest BCUT2D eigenvalue weighted by atomic mass is 15.2.